The van der Waals surface area contributed by atoms with Gasteiger partial charge in [0.1, 0.15) is 0 Å². The molecule has 0 saturated carbocycles. The molecule has 0 amide bonds. The van der Waals surface area contributed by atoms with E-state index < -0.39 is 0 Å². The number of benzene rings is 1. The number of morpholine rings is 1. The minimum absolute atomic E-state index is 0.277. The van der Waals surface area contributed by atoms with Gasteiger partial charge in [0.25, 0.3) is 0 Å². The number of rotatable bonds is 5. The van der Waals surface area contributed by atoms with Gasteiger partial charge in [-0.05, 0) is 23.6 Å². The molecule has 1 N–H and O–H groups in total. The molecule has 0 spiro atoms. The van der Waals surface area contributed by atoms with E-state index in [4.69, 9.17) is 4.74 Å². The van der Waals surface area contributed by atoms with Crippen molar-refractivity contribution >= 4 is 0 Å². The lowest BCUT2D eigenvalue weighted by molar-refractivity contribution is -0.0534. The van der Waals surface area contributed by atoms with Crippen LogP contribution in [0.2, 0.25) is 0 Å². The molecule has 1 aromatic carbocycles. The number of hydrogen-bond donors (Lipinski definition) is 1. The van der Waals surface area contributed by atoms with Gasteiger partial charge in [-0.15, -0.1) is 0 Å². The number of aliphatic hydroxyl groups excluding tert-OH is 1. The third-order valence-electron chi connectivity index (χ3n) is 5.48. The molecule has 6 nitrogen and oxygen atoms in total. The zero-order valence-corrected chi connectivity index (χ0v) is 15.2. The van der Waals surface area contributed by atoms with Gasteiger partial charge in [-0.25, -0.2) is 0 Å². The standard InChI is InChI=1S/C20H28N4O2/c25-20-16-22(9-6-19(20)23-10-12-26-13-11-23)14-17-2-4-18(5-3-17)15-24-8-1-7-21-24/h1-5,7-8,19-20,25H,6,9-16H2/t19-,20-/m1/s1. The molecular formula is C20H28N4O2. The number of aliphatic hydroxyl groups is 1. The summed E-state index contributed by atoms with van der Waals surface area (Å²) in [6.07, 6.45) is 4.54. The van der Waals surface area contributed by atoms with Crippen LogP contribution >= 0.6 is 0 Å². The summed E-state index contributed by atoms with van der Waals surface area (Å²) in [5.41, 5.74) is 2.55. The summed E-state index contributed by atoms with van der Waals surface area (Å²) in [7, 11) is 0. The second-order valence-corrected chi connectivity index (χ2v) is 7.33. The smallest absolute Gasteiger partial charge is 0.0822 e. The van der Waals surface area contributed by atoms with Crippen molar-refractivity contribution in [2.45, 2.75) is 31.7 Å². The van der Waals surface area contributed by atoms with Crippen molar-refractivity contribution < 1.29 is 9.84 Å². The van der Waals surface area contributed by atoms with Crippen molar-refractivity contribution in [1.29, 1.82) is 0 Å². The van der Waals surface area contributed by atoms with Crippen LogP contribution in [0.1, 0.15) is 17.5 Å². The molecule has 3 heterocycles. The van der Waals surface area contributed by atoms with E-state index in [2.05, 4.69) is 39.2 Å². The summed E-state index contributed by atoms with van der Waals surface area (Å²) >= 11 is 0. The highest BCUT2D eigenvalue weighted by Gasteiger charge is 2.32. The molecule has 0 bridgehead atoms. The first-order valence-electron chi connectivity index (χ1n) is 9.55. The molecule has 2 fully saturated rings. The molecule has 6 heteroatoms. The molecule has 2 aromatic rings. The molecule has 2 atom stereocenters. The Kier molecular flexibility index (Phi) is 5.65. The highest BCUT2D eigenvalue weighted by atomic mass is 16.5. The normalized spacial score (nSPS) is 25.4. The van der Waals surface area contributed by atoms with E-state index in [0.717, 1.165) is 58.9 Å². The average molecular weight is 356 g/mol. The van der Waals surface area contributed by atoms with Crippen LogP contribution in [-0.2, 0) is 17.8 Å². The van der Waals surface area contributed by atoms with Gasteiger partial charge in [-0.2, -0.15) is 5.10 Å². The summed E-state index contributed by atoms with van der Waals surface area (Å²) in [6, 6.07) is 11.0. The minimum Gasteiger partial charge on any atom is -0.390 e. The van der Waals surface area contributed by atoms with Gasteiger partial charge in [-0.1, -0.05) is 24.3 Å². The number of ether oxygens (including phenoxy) is 1. The van der Waals surface area contributed by atoms with E-state index in [-0.39, 0.29) is 12.1 Å². The van der Waals surface area contributed by atoms with E-state index in [0.29, 0.717) is 0 Å². The maximum absolute atomic E-state index is 10.6. The van der Waals surface area contributed by atoms with E-state index in [9.17, 15) is 5.11 Å². The lowest BCUT2D eigenvalue weighted by atomic mass is 9.99. The van der Waals surface area contributed by atoms with Gasteiger partial charge in [-0.3, -0.25) is 14.5 Å². The molecule has 0 unspecified atom stereocenters. The number of hydrogen-bond acceptors (Lipinski definition) is 5. The molecule has 2 saturated heterocycles. The van der Waals surface area contributed by atoms with Crippen LogP contribution in [0.5, 0.6) is 0 Å². The van der Waals surface area contributed by atoms with Crippen LogP contribution < -0.4 is 0 Å². The zero-order chi connectivity index (χ0) is 17.8. The predicted octanol–water partition coefficient (Wildman–Crippen LogP) is 1.20. The third kappa shape index (κ3) is 4.32. The first-order valence-corrected chi connectivity index (χ1v) is 9.55. The molecular weight excluding hydrogens is 328 g/mol. The quantitative estimate of drug-likeness (QED) is 0.872. The lowest BCUT2D eigenvalue weighted by Gasteiger charge is -2.43. The monoisotopic (exact) mass is 356 g/mol. The Balaban J connectivity index is 1.29. The van der Waals surface area contributed by atoms with Gasteiger partial charge in [0.15, 0.2) is 0 Å². The molecule has 0 radical (unpaired) electrons. The number of likely N-dealkylation sites (tertiary alicyclic amines) is 1. The predicted molar refractivity (Wildman–Crippen MR) is 99.9 cm³/mol. The number of β-amino-alcohol motifs (C(OH)–C–C–N with tert-alkyl or cyclic N) is 1. The van der Waals surface area contributed by atoms with Crippen LogP contribution in [0.15, 0.2) is 42.7 Å². The van der Waals surface area contributed by atoms with Crippen molar-refractivity contribution in [2.24, 2.45) is 0 Å². The molecule has 2 aliphatic heterocycles. The highest BCUT2D eigenvalue weighted by Crippen LogP contribution is 2.20. The van der Waals surface area contributed by atoms with Gasteiger partial charge in [0.05, 0.1) is 25.9 Å². The van der Waals surface area contributed by atoms with Crippen molar-refractivity contribution in [2.75, 3.05) is 39.4 Å². The second kappa shape index (κ2) is 8.31. The fourth-order valence-corrected chi connectivity index (χ4v) is 4.05. The molecule has 140 valence electrons. The summed E-state index contributed by atoms with van der Waals surface area (Å²) in [6.45, 7) is 6.95. The first-order chi connectivity index (χ1) is 12.8. The molecule has 26 heavy (non-hydrogen) atoms. The summed E-state index contributed by atoms with van der Waals surface area (Å²) < 4.78 is 7.36. The summed E-state index contributed by atoms with van der Waals surface area (Å²) in [5.74, 6) is 0. The Morgan fingerprint density at radius 2 is 1.77 bits per heavy atom. The Labute approximate surface area is 155 Å². The lowest BCUT2D eigenvalue weighted by Crippen LogP contribution is -2.56. The Morgan fingerprint density at radius 3 is 2.42 bits per heavy atom. The van der Waals surface area contributed by atoms with Gasteiger partial charge >= 0.3 is 0 Å². The molecule has 0 aliphatic carbocycles. The molecule has 4 rings (SSSR count). The van der Waals surface area contributed by atoms with Crippen LogP contribution in [-0.4, -0.2) is 76.2 Å². The number of piperidine rings is 1. The Morgan fingerprint density at radius 1 is 1.04 bits per heavy atom. The van der Waals surface area contributed by atoms with Crippen LogP contribution in [0, 0.1) is 0 Å². The first kappa shape index (κ1) is 17.7. The Hall–Kier alpha value is -1.73. The molecule has 1 aromatic heterocycles. The second-order valence-electron chi connectivity index (χ2n) is 7.33. The van der Waals surface area contributed by atoms with Gasteiger partial charge in [0, 0.05) is 51.2 Å². The third-order valence-corrected chi connectivity index (χ3v) is 5.48. The van der Waals surface area contributed by atoms with Crippen molar-refractivity contribution in [1.82, 2.24) is 19.6 Å². The maximum Gasteiger partial charge on any atom is 0.0822 e. The Bertz CT molecular complexity index is 668. The van der Waals surface area contributed by atoms with Crippen molar-refractivity contribution in [3.05, 3.63) is 53.9 Å². The van der Waals surface area contributed by atoms with E-state index >= 15 is 0 Å². The van der Waals surface area contributed by atoms with E-state index in [1.54, 1.807) is 6.20 Å². The van der Waals surface area contributed by atoms with E-state index in [1.807, 2.05) is 16.9 Å². The van der Waals surface area contributed by atoms with Crippen LogP contribution in [0.25, 0.3) is 0 Å². The summed E-state index contributed by atoms with van der Waals surface area (Å²) in [4.78, 5) is 4.76. The summed E-state index contributed by atoms with van der Waals surface area (Å²) in [5, 5.41) is 14.9. The topological polar surface area (TPSA) is 53.8 Å². The number of nitrogens with zero attached hydrogens (tertiary/aromatic N) is 4. The van der Waals surface area contributed by atoms with Crippen LogP contribution in [0.3, 0.4) is 0 Å². The highest BCUT2D eigenvalue weighted by molar-refractivity contribution is 5.22. The minimum atomic E-state index is -0.277. The molecule has 2 aliphatic rings. The fraction of sp³-hybridized carbons (Fsp3) is 0.550. The van der Waals surface area contributed by atoms with Crippen molar-refractivity contribution in [3.8, 4) is 0 Å². The van der Waals surface area contributed by atoms with Crippen molar-refractivity contribution in [3.63, 3.8) is 0 Å². The number of aromatic nitrogens is 2. The average Bonchev–Trinajstić information content (AvgIpc) is 3.17. The maximum atomic E-state index is 10.6. The van der Waals surface area contributed by atoms with Crippen LogP contribution in [0.4, 0.5) is 0 Å². The SMILES string of the molecule is O[C@@H]1CN(Cc2ccc(Cn3cccn3)cc2)CC[C@H]1N1CCOCC1. The fourth-order valence-electron chi connectivity index (χ4n) is 4.05. The van der Waals surface area contributed by atoms with Gasteiger partial charge < -0.3 is 9.84 Å². The van der Waals surface area contributed by atoms with E-state index in [1.165, 1.54) is 11.1 Å². The largest absolute Gasteiger partial charge is 0.390 e. The van der Waals surface area contributed by atoms with Gasteiger partial charge in [0.2, 0.25) is 0 Å². The zero-order valence-electron chi connectivity index (χ0n) is 15.2.